The Kier molecular flexibility index (Phi) is 3.38. The minimum Gasteiger partial charge on any atom is -0.550 e. The molecule has 0 saturated heterocycles. The molecule has 20 heavy (non-hydrogen) atoms. The summed E-state index contributed by atoms with van der Waals surface area (Å²) in [5, 5.41) is 14.1. The third-order valence-electron chi connectivity index (χ3n) is 4.15. The van der Waals surface area contributed by atoms with Gasteiger partial charge < -0.3 is 15.2 Å². The van der Waals surface area contributed by atoms with E-state index in [-0.39, 0.29) is 17.7 Å². The molecule has 0 spiro atoms. The lowest BCUT2D eigenvalue weighted by Gasteiger charge is -2.27. The van der Waals surface area contributed by atoms with Crippen molar-refractivity contribution in [2.75, 3.05) is 5.32 Å². The Morgan fingerprint density at radius 3 is 2.30 bits per heavy atom. The van der Waals surface area contributed by atoms with Gasteiger partial charge in [-0.15, -0.1) is 0 Å². The van der Waals surface area contributed by atoms with Crippen molar-refractivity contribution in [3.05, 3.63) is 40.9 Å². The van der Waals surface area contributed by atoms with Gasteiger partial charge in [0.1, 0.15) is 0 Å². The predicted octanol–water partition coefficient (Wildman–Crippen LogP) is 1.58. The molecular formula is C15H13BrNO3-. The van der Waals surface area contributed by atoms with Gasteiger partial charge in [-0.3, -0.25) is 4.79 Å². The van der Waals surface area contributed by atoms with Crippen LogP contribution in [0.5, 0.6) is 0 Å². The number of fused-ring (bicyclic) bond motifs is 2. The van der Waals surface area contributed by atoms with Crippen molar-refractivity contribution in [3.63, 3.8) is 0 Å². The van der Waals surface area contributed by atoms with Crippen molar-refractivity contribution in [2.45, 2.75) is 6.42 Å². The molecule has 1 fully saturated rings. The molecule has 0 unspecified atom stereocenters. The molecule has 0 aliphatic heterocycles. The largest absolute Gasteiger partial charge is 0.550 e. The summed E-state index contributed by atoms with van der Waals surface area (Å²) in [6.45, 7) is 0. The van der Waals surface area contributed by atoms with Crippen LogP contribution in [0.1, 0.15) is 6.42 Å². The quantitative estimate of drug-likeness (QED) is 0.853. The number of carboxylic acids is 1. The van der Waals surface area contributed by atoms with Crippen LogP contribution in [0.25, 0.3) is 0 Å². The predicted molar refractivity (Wildman–Crippen MR) is 75.5 cm³/mol. The maximum Gasteiger partial charge on any atom is 0.228 e. The van der Waals surface area contributed by atoms with Crippen LogP contribution in [0.4, 0.5) is 5.69 Å². The molecule has 0 heterocycles. The van der Waals surface area contributed by atoms with Crippen molar-refractivity contribution < 1.29 is 14.7 Å². The number of hydrogen-bond acceptors (Lipinski definition) is 3. The molecule has 1 amide bonds. The van der Waals surface area contributed by atoms with Gasteiger partial charge in [0.2, 0.25) is 5.91 Å². The summed E-state index contributed by atoms with van der Waals surface area (Å²) in [6, 6.07) is 7.21. The summed E-state index contributed by atoms with van der Waals surface area (Å²) in [5.74, 6) is -2.65. The summed E-state index contributed by atoms with van der Waals surface area (Å²) in [5.41, 5.74) is 0.669. The number of allylic oxidation sites excluding steroid dienone is 2. The summed E-state index contributed by atoms with van der Waals surface area (Å²) in [7, 11) is 0. The third-order valence-corrected chi connectivity index (χ3v) is 4.67. The van der Waals surface area contributed by atoms with E-state index >= 15 is 0 Å². The van der Waals surface area contributed by atoms with Crippen molar-refractivity contribution >= 4 is 33.5 Å². The Morgan fingerprint density at radius 1 is 1.10 bits per heavy atom. The smallest absolute Gasteiger partial charge is 0.228 e. The van der Waals surface area contributed by atoms with Crippen LogP contribution in [-0.2, 0) is 9.59 Å². The molecule has 0 aromatic heterocycles. The summed E-state index contributed by atoms with van der Waals surface area (Å²) in [6.07, 6.45) is 4.58. The van der Waals surface area contributed by atoms with Crippen LogP contribution >= 0.6 is 15.9 Å². The van der Waals surface area contributed by atoms with Gasteiger partial charge >= 0.3 is 0 Å². The van der Waals surface area contributed by atoms with E-state index in [2.05, 4.69) is 21.2 Å². The molecule has 5 heteroatoms. The topological polar surface area (TPSA) is 69.2 Å². The van der Waals surface area contributed by atoms with Gasteiger partial charge in [-0.05, 0) is 42.5 Å². The van der Waals surface area contributed by atoms with E-state index in [1.165, 1.54) is 0 Å². The molecule has 3 rings (SSSR count). The monoisotopic (exact) mass is 334 g/mol. The van der Waals surface area contributed by atoms with E-state index in [0.717, 1.165) is 10.9 Å². The second-order valence-corrected chi connectivity index (χ2v) is 6.23. The highest BCUT2D eigenvalue weighted by atomic mass is 79.9. The Hall–Kier alpha value is -1.62. The second kappa shape index (κ2) is 5.05. The molecule has 1 aromatic rings. The average Bonchev–Trinajstić information content (AvgIpc) is 3.01. The molecule has 1 N–H and O–H groups in total. The van der Waals surface area contributed by atoms with E-state index in [1.807, 2.05) is 24.3 Å². The normalized spacial score (nSPS) is 30.4. The number of benzene rings is 1. The van der Waals surface area contributed by atoms with Gasteiger partial charge in [-0.2, -0.15) is 0 Å². The lowest BCUT2D eigenvalue weighted by atomic mass is 9.82. The lowest BCUT2D eigenvalue weighted by molar-refractivity contribution is -0.313. The van der Waals surface area contributed by atoms with E-state index in [0.29, 0.717) is 5.69 Å². The van der Waals surface area contributed by atoms with Crippen LogP contribution in [0.15, 0.2) is 40.9 Å². The summed E-state index contributed by atoms with van der Waals surface area (Å²) >= 11 is 3.33. The van der Waals surface area contributed by atoms with Crippen molar-refractivity contribution in [1.82, 2.24) is 0 Å². The molecule has 2 aliphatic rings. The molecule has 2 bridgehead atoms. The zero-order chi connectivity index (χ0) is 14.3. The van der Waals surface area contributed by atoms with Crippen LogP contribution in [0, 0.1) is 23.7 Å². The first kappa shape index (κ1) is 13.4. The molecule has 0 radical (unpaired) electrons. The molecule has 1 saturated carbocycles. The average molecular weight is 335 g/mol. The molecule has 4 nitrogen and oxygen atoms in total. The standard InChI is InChI=1S/C15H14BrNO3/c16-10-3-5-11(6-4-10)17-14(18)12-8-1-2-9(7-8)13(12)15(19)20/h1-6,8-9,12-13H,7H2,(H,17,18)(H,19,20)/p-1/t8-,9+,12+,13+/m0/s1. The molecule has 2 aliphatic carbocycles. The number of carbonyl (C=O) groups is 2. The number of carboxylic acid groups (broad SMARTS) is 1. The summed E-state index contributed by atoms with van der Waals surface area (Å²) < 4.78 is 0.922. The van der Waals surface area contributed by atoms with Gasteiger partial charge in [0.05, 0.1) is 5.92 Å². The Bertz CT molecular complexity index is 581. The zero-order valence-electron chi connectivity index (χ0n) is 10.6. The number of carbonyl (C=O) groups excluding carboxylic acids is 2. The van der Waals surface area contributed by atoms with Crippen LogP contribution in [-0.4, -0.2) is 11.9 Å². The molecule has 1 aromatic carbocycles. The van der Waals surface area contributed by atoms with Crippen LogP contribution < -0.4 is 10.4 Å². The van der Waals surface area contributed by atoms with Crippen LogP contribution in [0.2, 0.25) is 0 Å². The maximum absolute atomic E-state index is 12.4. The number of rotatable bonds is 3. The van der Waals surface area contributed by atoms with Gasteiger partial charge in [0, 0.05) is 22.0 Å². The lowest BCUT2D eigenvalue weighted by Crippen LogP contribution is -2.42. The third kappa shape index (κ3) is 2.26. The summed E-state index contributed by atoms with van der Waals surface area (Å²) in [4.78, 5) is 23.6. The van der Waals surface area contributed by atoms with Gasteiger partial charge in [0.15, 0.2) is 0 Å². The fraction of sp³-hybridized carbons (Fsp3) is 0.333. The highest BCUT2D eigenvalue weighted by Gasteiger charge is 2.48. The zero-order valence-corrected chi connectivity index (χ0v) is 12.2. The van der Waals surface area contributed by atoms with E-state index in [4.69, 9.17) is 0 Å². The second-order valence-electron chi connectivity index (χ2n) is 5.32. The van der Waals surface area contributed by atoms with E-state index < -0.39 is 17.8 Å². The Balaban J connectivity index is 1.78. The minimum absolute atomic E-state index is 0.0124. The first-order valence-electron chi connectivity index (χ1n) is 6.52. The van der Waals surface area contributed by atoms with E-state index in [9.17, 15) is 14.7 Å². The maximum atomic E-state index is 12.4. The van der Waals surface area contributed by atoms with E-state index in [1.54, 1.807) is 12.1 Å². The fourth-order valence-electron chi connectivity index (χ4n) is 3.26. The van der Waals surface area contributed by atoms with Crippen molar-refractivity contribution in [1.29, 1.82) is 0 Å². The van der Waals surface area contributed by atoms with Gasteiger partial charge in [-0.25, -0.2) is 0 Å². The minimum atomic E-state index is -1.13. The number of halogens is 1. The van der Waals surface area contributed by atoms with Crippen molar-refractivity contribution in [3.8, 4) is 0 Å². The number of hydrogen-bond donors (Lipinski definition) is 1. The van der Waals surface area contributed by atoms with Crippen molar-refractivity contribution in [2.24, 2.45) is 23.7 Å². The molecular weight excluding hydrogens is 322 g/mol. The Labute approximate surface area is 125 Å². The van der Waals surface area contributed by atoms with Gasteiger partial charge in [-0.1, -0.05) is 28.1 Å². The highest BCUT2D eigenvalue weighted by Crippen LogP contribution is 2.48. The Morgan fingerprint density at radius 2 is 1.70 bits per heavy atom. The number of amides is 1. The van der Waals surface area contributed by atoms with Crippen LogP contribution in [0.3, 0.4) is 0 Å². The highest BCUT2D eigenvalue weighted by molar-refractivity contribution is 9.10. The number of nitrogens with one attached hydrogen (secondary N) is 1. The first-order valence-corrected chi connectivity index (χ1v) is 7.31. The number of aliphatic carboxylic acids is 1. The SMILES string of the molecule is O=C([O-])[C@H]1[C@H](C(=O)Nc2ccc(Br)cc2)[C@H]2C=C[C@@H]1C2. The number of anilines is 1. The first-order chi connectivity index (χ1) is 9.56. The fourth-order valence-corrected chi connectivity index (χ4v) is 3.52. The molecule has 4 atom stereocenters. The molecule has 104 valence electrons. The van der Waals surface area contributed by atoms with Gasteiger partial charge in [0.25, 0.3) is 0 Å².